The minimum Gasteiger partial charge on any atom is -0.324 e. The monoisotopic (exact) mass is 591 g/mol. The highest BCUT2D eigenvalue weighted by Crippen LogP contribution is 2.22. The van der Waals surface area contributed by atoms with Crippen LogP contribution in [0, 0.1) is 0 Å². The molecule has 4 aromatic carbocycles. The number of hydrogen-bond donors (Lipinski definition) is 1. The molecule has 6 nitrogen and oxygen atoms in total. The first-order valence-electron chi connectivity index (χ1n) is 13.0. The first-order chi connectivity index (χ1) is 19.2. The molecule has 6 rings (SSSR count). The van der Waals surface area contributed by atoms with Gasteiger partial charge in [0.15, 0.2) is 17.6 Å². The lowest BCUT2D eigenvalue weighted by atomic mass is 10.0. The standard InChI is InChI=1S/C33H26N4O2.BrH/c38-31(26-17-15-25(16-18-26)24-8-2-1-3-9-24)22-37-23-36(29-13-4-5-14-30(29)37)21-19-32(39)35-28-12-6-10-27-11-7-20-34-33(27)28;/h1-18,20,23H,19,21-22H2;1H/p+1. The minimum absolute atomic E-state index is 0. The lowest BCUT2D eigenvalue weighted by Crippen LogP contribution is -2.36. The maximum absolute atomic E-state index is 13.2. The van der Waals surface area contributed by atoms with Crippen LogP contribution in [0.15, 0.2) is 122 Å². The lowest BCUT2D eigenvalue weighted by Gasteiger charge is -2.07. The van der Waals surface area contributed by atoms with Crippen LogP contribution in [0.3, 0.4) is 0 Å². The molecule has 198 valence electrons. The molecule has 0 radical (unpaired) electrons. The SMILES string of the molecule is Br.O=C(CCn1c[n+](CC(=O)c2ccc(-c3ccccc3)cc2)c2ccccc21)Nc1cccc2cccnc12. The van der Waals surface area contributed by atoms with Gasteiger partial charge >= 0.3 is 0 Å². The summed E-state index contributed by atoms with van der Waals surface area (Å²) in [6.45, 7) is 0.698. The summed E-state index contributed by atoms with van der Waals surface area (Å²) in [6.07, 6.45) is 3.94. The first kappa shape index (κ1) is 27.0. The van der Waals surface area contributed by atoms with Crippen molar-refractivity contribution in [2.24, 2.45) is 0 Å². The molecule has 0 fully saturated rings. The van der Waals surface area contributed by atoms with E-state index < -0.39 is 0 Å². The average molecular weight is 593 g/mol. The Balaban J connectivity index is 0.00000323. The number of carbonyl (C=O) groups is 2. The predicted molar refractivity (Wildman–Crippen MR) is 164 cm³/mol. The number of hydrogen-bond acceptors (Lipinski definition) is 3. The molecule has 7 heteroatoms. The smallest absolute Gasteiger partial charge is 0.245 e. The van der Waals surface area contributed by atoms with E-state index in [2.05, 4.69) is 22.4 Å². The molecule has 0 spiro atoms. The van der Waals surface area contributed by atoms with E-state index >= 15 is 0 Å². The van der Waals surface area contributed by atoms with E-state index in [1.165, 1.54) is 0 Å². The largest absolute Gasteiger partial charge is 0.324 e. The topological polar surface area (TPSA) is 67.9 Å². The second kappa shape index (κ2) is 12.1. The van der Waals surface area contributed by atoms with Crippen molar-refractivity contribution in [1.29, 1.82) is 0 Å². The van der Waals surface area contributed by atoms with E-state index in [1.807, 2.05) is 113 Å². The van der Waals surface area contributed by atoms with Gasteiger partial charge < -0.3 is 5.32 Å². The second-order valence-electron chi connectivity index (χ2n) is 9.47. The number of aryl methyl sites for hydroxylation is 1. The molecule has 2 aromatic heterocycles. The predicted octanol–water partition coefficient (Wildman–Crippen LogP) is 6.63. The van der Waals surface area contributed by atoms with E-state index in [0.717, 1.165) is 33.1 Å². The maximum Gasteiger partial charge on any atom is 0.245 e. The molecule has 0 atom stereocenters. The van der Waals surface area contributed by atoms with E-state index in [4.69, 9.17) is 0 Å². The van der Waals surface area contributed by atoms with E-state index in [-0.39, 0.29) is 41.6 Å². The Morgan fingerprint density at radius 3 is 2.33 bits per heavy atom. The summed E-state index contributed by atoms with van der Waals surface area (Å²) in [5.41, 5.74) is 6.27. The van der Waals surface area contributed by atoms with Gasteiger partial charge in [-0.2, -0.15) is 0 Å². The van der Waals surface area contributed by atoms with Gasteiger partial charge in [-0.1, -0.05) is 84.9 Å². The summed E-state index contributed by atoms with van der Waals surface area (Å²) in [5, 5.41) is 3.98. The Morgan fingerprint density at radius 1 is 0.775 bits per heavy atom. The summed E-state index contributed by atoms with van der Waals surface area (Å²) in [5.74, 6) is -0.0595. The third-order valence-electron chi connectivity index (χ3n) is 6.89. The van der Waals surface area contributed by atoms with E-state index in [9.17, 15) is 9.59 Å². The van der Waals surface area contributed by atoms with Gasteiger partial charge in [0.25, 0.3) is 0 Å². The average Bonchev–Trinajstić information content (AvgIpc) is 3.34. The highest BCUT2D eigenvalue weighted by atomic mass is 79.9. The van der Waals surface area contributed by atoms with Crippen molar-refractivity contribution >= 4 is 56.3 Å². The lowest BCUT2D eigenvalue weighted by molar-refractivity contribution is -0.657. The Labute approximate surface area is 242 Å². The van der Waals surface area contributed by atoms with E-state index in [0.29, 0.717) is 17.8 Å². The molecule has 2 heterocycles. The Morgan fingerprint density at radius 2 is 1.50 bits per heavy atom. The zero-order chi connectivity index (χ0) is 26.6. The minimum atomic E-state index is -0.0907. The molecule has 0 aliphatic heterocycles. The van der Waals surface area contributed by atoms with Gasteiger partial charge in [0, 0.05) is 17.1 Å². The van der Waals surface area contributed by atoms with Crippen molar-refractivity contribution in [3.05, 3.63) is 127 Å². The number of para-hydroxylation sites is 3. The Kier molecular flexibility index (Phi) is 8.12. The zero-order valence-corrected chi connectivity index (χ0v) is 23.4. The van der Waals surface area contributed by atoms with Crippen LogP contribution < -0.4 is 9.88 Å². The van der Waals surface area contributed by atoms with Gasteiger partial charge in [-0.25, -0.2) is 9.13 Å². The van der Waals surface area contributed by atoms with Crippen LogP contribution in [0.5, 0.6) is 0 Å². The number of pyridine rings is 1. The fourth-order valence-electron chi connectivity index (χ4n) is 4.91. The van der Waals surface area contributed by atoms with Crippen LogP contribution in [0.25, 0.3) is 33.1 Å². The van der Waals surface area contributed by atoms with Crippen molar-refractivity contribution in [1.82, 2.24) is 9.55 Å². The number of rotatable bonds is 8. The molecular formula is C33H28BrN4O2+. The third-order valence-corrected chi connectivity index (χ3v) is 6.89. The molecule has 40 heavy (non-hydrogen) atoms. The summed E-state index contributed by atoms with van der Waals surface area (Å²) >= 11 is 0. The van der Waals surface area contributed by atoms with Crippen molar-refractivity contribution in [3.63, 3.8) is 0 Å². The number of nitrogens with zero attached hydrogens (tertiary/aromatic N) is 3. The van der Waals surface area contributed by atoms with Crippen LogP contribution >= 0.6 is 17.0 Å². The fourth-order valence-corrected chi connectivity index (χ4v) is 4.91. The number of imidazole rings is 1. The highest BCUT2D eigenvalue weighted by Gasteiger charge is 2.19. The van der Waals surface area contributed by atoms with Crippen LogP contribution in [-0.4, -0.2) is 21.2 Å². The van der Waals surface area contributed by atoms with Crippen LogP contribution in [0.2, 0.25) is 0 Å². The van der Waals surface area contributed by atoms with Gasteiger partial charge in [-0.05, 0) is 35.4 Å². The van der Waals surface area contributed by atoms with Crippen molar-refractivity contribution in [2.45, 2.75) is 19.5 Å². The summed E-state index contributed by atoms with van der Waals surface area (Å²) in [7, 11) is 0. The maximum atomic E-state index is 13.2. The summed E-state index contributed by atoms with van der Waals surface area (Å²) < 4.78 is 3.98. The summed E-state index contributed by atoms with van der Waals surface area (Å²) in [4.78, 5) is 30.5. The van der Waals surface area contributed by atoms with Crippen molar-refractivity contribution in [3.8, 4) is 11.1 Å². The van der Waals surface area contributed by atoms with Gasteiger partial charge in [0.2, 0.25) is 18.0 Å². The van der Waals surface area contributed by atoms with Gasteiger partial charge in [0.05, 0.1) is 24.2 Å². The number of amides is 1. The fraction of sp³-hybridized carbons (Fsp3) is 0.0909. The molecule has 0 unspecified atom stereocenters. The third kappa shape index (κ3) is 5.70. The van der Waals surface area contributed by atoms with Crippen molar-refractivity contribution < 1.29 is 14.2 Å². The normalized spacial score (nSPS) is 10.8. The number of aromatic nitrogens is 3. The van der Waals surface area contributed by atoms with Gasteiger partial charge in [0.1, 0.15) is 0 Å². The quantitative estimate of drug-likeness (QED) is 0.159. The molecule has 0 aliphatic carbocycles. The molecule has 0 saturated heterocycles. The molecule has 1 amide bonds. The molecule has 0 aliphatic rings. The summed E-state index contributed by atoms with van der Waals surface area (Å²) in [6, 6.07) is 35.4. The number of nitrogens with one attached hydrogen (secondary N) is 1. The van der Waals surface area contributed by atoms with E-state index in [1.54, 1.807) is 6.20 Å². The zero-order valence-electron chi connectivity index (χ0n) is 21.7. The molecule has 6 aromatic rings. The highest BCUT2D eigenvalue weighted by molar-refractivity contribution is 8.93. The molecule has 0 bridgehead atoms. The molecular weight excluding hydrogens is 564 g/mol. The Hall–Kier alpha value is -4.62. The first-order valence-corrected chi connectivity index (χ1v) is 13.0. The molecule has 1 N–H and O–H groups in total. The van der Waals surface area contributed by atoms with Crippen LogP contribution in [-0.2, 0) is 17.9 Å². The number of Topliss-reactive ketones (excluding diaryl/α,β-unsaturated/α-hetero) is 1. The number of benzene rings is 4. The van der Waals surface area contributed by atoms with Gasteiger partial charge in [-0.15, -0.1) is 17.0 Å². The van der Waals surface area contributed by atoms with Crippen LogP contribution in [0.1, 0.15) is 16.8 Å². The number of carbonyl (C=O) groups excluding carboxylic acids is 2. The second-order valence-corrected chi connectivity index (χ2v) is 9.47. The number of fused-ring (bicyclic) bond motifs is 2. The number of ketones is 1. The van der Waals surface area contributed by atoms with Crippen molar-refractivity contribution in [2.75, 3.05) is 5.32 Å². The van der Waals surface area contributed by atoms with Crippen LogP contribution in [0.4, 0.5) is 5.69 Å². The number of anilines is 1. The molecule has 0 saturated carbocycles. The number of halogens is 1. The Bertz CT molecular complexity index is 1790. The van der Waals surface area contributed by atoms with Gasteiger partial charge in [-0.3, -0.25) is 14.6 Å².